The molecule has 272 valence electrons. The van der Waals surface area contributed by atoms with Gasteiger partial charge in [-0.15, -0.1) is 0 Å². The molecule has 3 atom stereocenters. The molecule has 3 amide bonds. The lowest BCUT2D eigenvalue weighted by atomic mass is 9.80. The number of anilines is 1. The van der Waals surface area contributed by atoms with Crippen molar-refractivity contribution in [1.82, 2.24) is 25.3 Å². The van der Waals surface area contributed by atoms with Gasteiger partial charge in [-0.1, -0.05) is 43.0 Å². The second-order valence-corrected chi connectivity index (χ2v) is 12.7. The summed E-state index contributed by atoms with van der Waals surface area (Å²) in [5, 5.41) is 10.7. The molecule has 0 saturated carbocycles. The van der Waals surface area contributed by atoms with Crippen molar-refractivity contribution >= 4 is 23.5 Å². The Hall–Kier alpha value is -5.34. The Labute approximate surface area is 298 Å². The third-order valence-electron chi connectivity index (χ3n) is 9.24. The third kappa shape index (κ3) is 7.48. The highest BCUT2D eigenvalue weighted by Crippen LogP contribution is 2.45. The fourth-order valence-corrected chi connectivity index (χ4v) is 6.66. The average Bonchev–Trinajstić information content (AvgIpc) is 3.53. The standard InChI is InChI=1S/C38H38F4N6O4/c1-4-47-36-31(32(45-48(36)29-11-6-5-7-12-29)24(3)43-34(49)23(2)22-46-17-19-52-20-18-46)30(25-13-15-28(39)16-14-25)33(37(47)51)44-35(50)26-9-8-10-27(21-26)38(40,41)42/h5-16,21,24,30,33H,2,4,17-20,22H2,1,3H3,(H,43,49)(H,44,50)/t24-,30+,33+/m1/s1. The van der Waals surface area contributed by atoms with E-state index in [4.69, 9.17) is 9.84 Å². The number of halogens is 4. The van der Waals surface area contributed by atoms with Gasteiger partial charge in [0.2, 0.25) is 5.91 Å². The number of morpholine rings is 1. The Morgan fingerprint density at radius 1 is 1.02 bits per heavy atom. The molecule has 3 heterocycles. The van der Waals surface area contributed by atoms with E-state index in [1.165, 1.54) is 35.2 Å². The molecule has 0 spiro atoms. The number of likely N-dealkylation sites (N-methyl/N-ethyl adjacent to an activating group) is 1. The molecule has 0 unspecified atom stereocenters. The molecular formula is C38H38F4N6O4. The van der Waals surface area contributed by atoms with Gasteiger partial charge in [-0.2, -0.15) is 18.3 Å². The molecule has 0 radical (unpaired) electrons. The number of carbonyl (C=O) groups excluding carboxylic acids is 3. The van der Waals surface area contributed by atoms with Gasteiger partial charge < -0.3 is 15.4 Å². The molecule has 52 heavy (non-hydrogen) atoms. The van der Waals surface area contributed by atoms with Gasteiger partial charge in [0.05, 0.1) is 36.2 Å². The Kier molecular flexibility index (Phi) is 10.6. The summed E-state index contributed by atoms with van der Waals surface area (Å²) in [5.74, 6) is -3.03. The first kappa shape index (κ1) is 36.5. The monoisotopic (exact) mass is 718 g/mol. The highest BCUT2D eigenvalue weighted by Gasteiger charge is 2.47. The second kappa shape index (κ2) is 15.1. The van der Waals surface area contributed by atoms with Crippen molar-refractivity contribution in [3.8, 4) is 5.69 Å². The van der Waals surface area contributed by atoms with Crippen LogP contribution in [0.3, 0.4) is 0 Å². The number of aromatic nitrogens is 2. The molecule has 2 aliphatic heterocycles. The maximum atomic E-state index is 14.5. The van der Waals surface area contributed by atoms with Gasteiger partial charge in [0.1, 0.15) is 17.7 Å². The maximum Gasteiger partial charge on any atom is 0.416 e. The number of amides is 3. The van der Waals surface area contributed by atoms with Crippen LogP contribution in [0.5, 0.6) is 0 Å². The van der Waals surface area contributed by atoms with Crippen molar-refractivity contribution < 1.29 is 36.7 Å². The quantitative estimate of drug-likeness (QED) is 0.168. The minimum absolute atomic E-state index is 0.132. The predicted molar refractivity (Wildman–Crippen MR) is 185 cm³/mol. The van der Waals surface area contributed by atoms with E-state index in [0.29, 0.717) is 66.7 Å². The van der Waals surface area contributed by atoms with Crippen LogP contribution < -0.4 is 15.5 Å². The fourth-order valence-electron chi connectivity index (χ4n) is 6.66. The van der Waals surface area contributed by atoms with Crippen LogP contribution in [0.1, 0.15) is 58.5 Å². The van der Waals surface area contributed by atoms with E-state index in [2.05, 4.69) is 22.1 Å². The number of fused-ring (bicyclic) bond motifs is 1. The van der Waals surface area contributed by atoms with Gasteiger partial charge >= 0.3 is 6.18 Å². The van der Waals surface area contributed by atoms with Crippen LogP contribution >= 0.6 is 0 Å². The molecule has 2 aliphatic rings. The number of carbonyl (C=O) groups is 3. The molecule has 1 fully saturated rings. The van der Waals surface area contributed by atoms with Crippen LogP contribution in [0.4, 0.5) is 23.4 Å². The van der Waals surface area contributed by atoms with Crippen LogP contribution in [-0.4, -0.2) is 77.8 Å². The molecule has 1 saturated heterocycles. The SMILES string of the molecule is C=C(CN1CCOCC1)C(=O)N[C@H](C)c1nn(-c2ccccc2)c2c1[C@H](c1ccc(F)cc1)[C@H](NC(=O)c1cccc(C(F)(F)F)c1)C(=O)N2CC. The predicted octanol–water partition coefficient (Wildman–Crippen LogP) is 5.39. The number of hydrogen-bond acceptors (Lipinski definition) is 6. The van der Waals surface area contributed by atoms with Crippen LogP contribution in [0.25, 0.3) is 5.69 Å². The molecule has 2 N–H and O–H groups in total. The molecule has 10 nitrogen and oxygen atoms in total. The second-order valence-electron chi connectivity index (χ2n) is 12.7. The normalized spacial score (nSPS) is 18.4. The number of alkyl halides is 3. The van der Waals surface area contributed by atoms with Crippen LogP contribution in [0.15, 0.2) is 91.0 Å². The van der Waals surface area contributed by atoms with Crippen molar-refractivity contribution in [2.45, 2.75) is 38.0 Å². The number of para-hydroxylation sites is 1. The Morgan fingerprint density at radius 2 is 1.71 bits per heavy atom. The number of nitrogens with zero attached hydrogens (tertiary/aromatic N) is 4. The summed E-state index contributed by atoms with van der Waals surface area (Å²) in [6.07, 6.45) is -4.70. The van der Waals surface area contributed by atoms with Crippen molar-refractivity contribution in [2.75, 3.05) is 44.3 Å². The lowest BCUT2D eigenvalue weighted by Crippen LogP contribution is -2.55. The summed E-state index contributed by atoms with van der Waals surface area (Å²) in [4.78, 5) is 45.2. The Balaban J connectivity index is 1.46. The molecular weight excluding hydrogens is 680 g/mol. The molecule has 3 aromatic carbocycles. The van der Waals surface area contributed by atoms with Crippen LogP contribution in [0, 0.1) is 5.82 Å². The van der Waals surface area contributed by atoms with E-state index in [0.717, 1.165) is 18.2 Å². The molecule has 4 aromatic rings. The van der Waals surface area contributed by atoms with E-state index in [1.54, 1.807) is 42.8 Å². The lowest BCUT2D eigenvalue weighted by molar-refractivity contribution is -0.137. The van der Waals surface area contributed by atoms with Gasteiger partial charge in [0, 0.05) is 48.8 Å². The van der Waals surface area contributed by atoms with Gasteiger partial charge in [-0.05, 0) is 61.9 Å². The smallest absolute Gasteiger partial charge is 0.379 e. The first-order valence-electron chi connectivity index (χ1n) is 16.9. The zero-order chi connectivity index (χ0) is 37.2. The number of ether oxygens (including phenoxy) is 1. The van der Waals surface area contributed by atoms with E-state index in [1.807, 2.05) is 6.07 Å². The molecule has 0 bridgehead atoms. The zero-order valence-electron chi connectivity index (χ0n) is 28.6. The van der Waals surface area contributed by atoms with Crippen molar-refractivity contribution in [1.29, 1.82) is 0 Å². The number of benzene rings is 3. The van der Waals surface area contributed by atoms with Gasteiger partial charge in [0.25, 0.3) is 11.8 Å². The van der Waals surface area contributed by atoms with E-state index in [-0.39, 0.29) is 12.1 Å². The number of nitrogens with one attached hydrogen (secondary N) is 2. The summed E-state index contributed by atoms with van der Waals surface area (Å²) in [5.41, 5.74) is 0.892. The summed E-state index contributed by atoms with van der Waals surface area (Å²) >= 11 is 0. The molecule has 1 aromatic heterocycles. The van der Waals surface area contributed by atoms with E-state index < -0.39 is 53.3 Å². The van der Waals surface area contributed by atoms with Gasteiger partial charge in [-0.3, -0.25) is 24.2 Å². The summed E-state index contributed by atoms with van der Waals surface area (Å²) in [6, 6.07) is 16.3. The summed E-state index contributed by atoms with van der Waals surface area (Å²) < 4.78 is 62.0. The van der Waals surface area contributed by atoms with Crippen LogP contribution in [-0.2, 0) is 20.5 Å². The minimum Gasteiger partial charge on any atom is -0.379 e. The Morgan fingerprint density at radius 3 is 2.37 bits per heavy atom. The zero-order valence-corrected chi connectivity index (χ0v) is 28.6. The highest BCUT2D eigenvalue weighted by molar-refractivity contribution is 6.05. The van der Waals surface area contributed by atoms with Gasteiger partial charge in [0.15, 0.2) is 0 Å². The van der Waals surface area contributed by atoms with E-state index in [9.17, 15) is 31.9 Å². The number of hydrogen-bond donors (Lipinski definition) is 2. The third-order valence-corrected chi connectivity index (χ3v) is 9.24. The van der Waals surface area contributed by atoms with E-state index >= 15 is 0 Å². The van der Waals surface area contributed by atoms with Crippen molar-refractivity contribution in [3.63, 3.8) is 0 Å². The van der Waals surface area contributed by atoms with Gasteiger partial charge in [-0.25, -0.2) is 9.07 Å². The maximum absolute atomic E-state index is 14.5. The molecule has 14 heteroatoms. The molecule has 0 aliphatic carbocycles. The fraction of sp³-hybridized carbons (Fsp3) is 0.316. The highest BCUT2D eigenvalue weighted by atomic mass is 19.4. The van der Waals surface area contributed by atoms with Crippen LogP contribution in [0.2, 0.25) is 0 Å². The van der Waals surface area contributed by atoms with Crippen molar-refractivity contribution in [3.05, 3.63) is 125 Å². The Bertz CT molecular complexity index is 1960. The summed E-state index contributed by atoms with van der Waals surface area (Å²) in [7, 11) is 0. The average molecular weight is 719 g/mol. The largest absolute Gasteiger partial charge is 0.416 e. The van der Waals surface area contributed by atoms with Crippen molar-refractivity contribution in [2.24, 2.45) is 0 Å². The first-order valence-corrected chi connectivity index (χ1v) is 16.9. The lowest BCUT2D eigenvalue weighted by Gasteiger charge is -2.39. The topological polar surface area (TPSA) is 109 Å². The first-order chi connectivity index (χ1) is 24.9. The minimum atomic E-state index is -4.70. The molecule has 6 rings (SSSR count). The number of rotatable bonds is 10. The summed E-state index contributed by atoms with van der Waals surface area (Å²) in [6.45, 7) is 10.4.